The summed E-state index contributed by atoms with van der Waals surface area (Å²) in [6.07, 6.45) is 5.57. The lowest BCUT2D eigenvalue weighted by molar-refractivity contribution is -0.117. The minimum Gasteiger partial charge on any atom is -0.478 e. The average molecular weight is 244 g/mol. The number of hydrogen-bond acceptors (Lipinski definition) is 3. The molecule has 0 aromatic heterocycles. The van der Waals surface area contributed by atoms with Crippen LogP contribution in [-0.2, 0) is 4.79 Å². The highest BCUT2D eigenvalue weighted by Gasteiger charge is 2.31. The normalized spacial score (nSPS) is 18.7. The quantitative estimate of drug-likeness (QED) is 0.599. The average Bonchev–Trinajstić information content (AvgIpc) is 2.70. The number of terminal acetylenes is 1. The van der Waals surface area contributed by atoms with E-state index in [-0.39, 0.29) is 29.5 Å². The van der Waals surface area contributed by atoms with Crippen LogP contribution in [0.1, 0.15) is 16.8 Å². The largest absolute Gasteiger partial charge is 0.478 e. The van der Waals surface area contributed by atoms with Crippen molar-refractivity contribution in [2.75, 3.05) is 17.2 Å². The molecule has 0 spiro atoms. The van der Waals surface area contributed by atoms with Crippen molar-refractivity contribution in [2.45, 2.75) is 6.42 Å². The molecule has 18 heavy (non-hydrogen) atoms. The molecule has 1 aliphatic rings. The van der Waals surface area contributed by atoms with Crippen LogP contribution >= 0.6 is 0 Å². The van der Waals surface area contributed by atoms with Gasteiger partial charge in [0.25, 0.3) is 0 Å². The number of nitrogen functional groups attached to an aromatic ring is 1. The zero-order chi connectivity index (χ0) is 13.3. The van der Waals surface area contributed by atoms with Crippen molar-refractivity contribution in [3.05, 3.63) is 23.8 Å². The van der Waals surface area contributed by atoms with Crippen LogP contribution in [0, 0.1) is 18.3 Å². The minimum atomic E-state index is -1.12. The number of nitrogens with zero attached hydrogens (tertiary/aromatic N) is 1. The molecule has 5 nitrogen and oxygen atoms in total. The Labute approximate surface area is 104 Å². The Balaban J connectivity index is 2.41. The van der Waals surface area contributed by atoms with Crippen molar-refractivity contribution in [1.29, 1.82) is 0 Å². The molecule has 1 aromatic carbocycles. The van der Waals surface area contributed by atoms with Crippen LogP contribution in [0.25, 0.3) is 0 Å². The van der Waals surface area contributed by atoms with E-state index >= 15 is 0 Å². The van der Waals surface area contributed by atoms with Crippen LogP contribution in [0.2, 0.25) is 0 Å². The summed E-state index contributed by atoms with van der Waals surface area (Å²) in [7, 11) is 0. The molecule has 0 radical (unpaired) electrons. The highest BCUT2D eigenvalue weighted by atomic mass is 16.4. The van der Waals surface area contributed by atoms with Gasteiger partial charge in [0.1, 0.15) is 0 Å². The van der Waals surface area contributed by atoms with Crippen LogP contribution in [0.5, 0.6) is 0 Å². The maximum atomic E-state index is 11.8. The van der Waals surface area contributed by atoms with E-state index in [4.69, 9.17) is 17.3 Å². The molecule has 1 saturated heterocycles. The van der Waals surface area contributed by atoms with E-state index in [1.165, 1.54) is 11.0 Å². The fourth-order valence-corrected chi connectivity index (χ4v) is 2.03. The van der Waals surface area contributed by atoms with E-state index in [2.05, 4.69) is 5.92 Å². The Morgan fingerprint density at radius 1 is 1.56 bits per heavy atom. The summed E-state index contributed by atoms with van der Waals surface area (Å²) in [5.74, 6) is 1.14. The number of carboxylic acid groups (broad SMARTS) is 1. The van der Waals surface area contributed by atoms with E-state index in [9.17, 15) is 9.59 Å². The van der Waals surface area contributed by atoms with E-state index in [1.54, 1.807) is 12.1 Å². The van der Waals surface area contributed by atoms with Crippen LogP contribution in [0.15, 0.2) is 18.2 Å². The van der Waals surface area contributed by atoms with Gasteiger partial charge in [-0.05, 0) is 12.1 Å². The first-order valence-electron chi connectivity index (χ1n) is 5.43. The number of aromatic carboxylic acids is 1. The Hall–Kier alpha value is -2.48. The molecule has 1 amide bonds. The van der Waals surface area contributed by atoms with Crippen molar-refractivity contribution >= 4 is 23.3 Å². The van der Waals surface area contributed by atoms with Gasteiger partial charge in [-0.15, -0.1) is 12.3 Å². The number of carbonyl (C=O) groups excluding carboxylic acids is 1. The smallest absolute Gasteiger partial charge is 0.337 e. The fourth-order valence-electron chi connectivity index (χ4n) is 2.03. The Morgan fingerprint density at radius 2 is 2.28 bits per heavy atom. The number of nitrogens with two attached hydrogens (primary N) is 1. The number of carbonyl (C=O) groups is 2. The molecule has 1 fully saturated rings. The van der Waals surface area contributed by atoms with E-state index < -0.39 is 5.97 Å². The summed E-state index contributed by atoms with van der Waals surface area (Å²) in [5.41, 5.74) is 6.29. The number of hydrogen-bond donors (Lipinski definition) is 2. The first-order valence-corrected chi connectivity index (χ1v) is 5.43. The maximum absolute atomic E-state index is 11.8. The molecule has 0 bridgehead atoms. The number of carboxylic acids is 1. The SMILES string of the molecule is C#CC1CC(=O)N(c2cccc(C(=O)O)c2N)C1. The first kappa shape index (κ1) is 12.0. The molecule has 0 aliphatic carbocycles. The van der Waals surface area contributed by atoms with Crippen molar-refractivity contribution in [3.8, 4) is 12.3 Å². The molecular formula is C13H12N2O3. The molecule has 5 heteroatoms. The van der Waals surface area contributed by atoms with Gasteiger partial charge in [-0.3, -0.25) is 4.79 Å². The number of amides is 1. The summed E-state index contributed by atoms with van der Waals surface area (Å²) < 4.78 is 0. The van der Waals surface area contributed by atoms with Crippen molar-refractivity contribution in [1.82, 2.24) is 0 Å². The molecule has 2 rings (SSSR count). The van der Waals surface area contributed by atoms with Gasteiger partial charge < -0.3 is 15.7 Å². The van der Waals surface area contributed by atoms with Gasteiger partial charge in [0, 0.05) is 18.9 Å². The van der Waals surface area contributed by atoms with Crippen LogP contribution < -0.4 is 10.6 Å². The number of anilines is 2. The monoisotopic (exact) mass is 244 g/mol. The molecule has 1 unspecified atom stereocenters. The second-order valence-electron chi connectivity index (χ2n) is 4.12. The summed E-state index contributed by atoms with van der Waals surface area (Å²) >= 11 is 0. The highest BCUT2D eigenvalue weighted by molar-refractivity contribution is 6.03. The van der Waals surface area contributed by atoms with Gasteiger partial charge in [0.15, 0.2) is 0 Å². The third kappa shape index (κ3) is 1.89. The zero-order valence-corrected chi connectivity index (χ0v) is 9.59. The predicted molar refractivity (Wildman–Crippen MR) is 67.1 cm³/mol. The second-order valence-corrected chi connectivity index (χ2v) is 4.12. The lowest BCUT2D eigenvalue weighted by Crippen LogP contribution is -2.26. The Kier molecular flexibility index (Phi) is 2.94. The van der Waals surface area contributed by atoms with Crippen LogP contribution in [-0.4, -0.2) is 23.5 Å². The van der Waals surface area contributed by atoms with Gasteiger partial charge in [-0.1, -0.05) is 6.07 Å². The molecule has 3 N–H and O–H groups in total. The Bertz CT molecular complexity index is 560. The second kappa shape index (κ2) is 4.41. The summed E-state index contributed by atoms with van der Waals surface area (Å²) in [5, 5.41) is 8.98. The van der Waals surface area contributed by atoms with Gasteiger partial charge in [0.2, 0.25) is 5.91 Å². The molecule has 1 aromatic rings. The topological polar surface area (TPSA) is 83.6 Å². The molecule has 0 saturated carbocycles. The number of benzene rings is 1. The van der Waals surface area contributed by atoms with Gasteiger partial charge >= 0.3 is 5.97 Å². The number of para-hydroxylation sites is 1. The highest BCUT2D eigenvalue weighted by Crippen LogP contribution is 2.31. The zero-order valence-electron chi connectivity index (χ0n) is 9.59. The molecular weight excluding hydrogens is 232 g/mol. The van der Waals surface area contributed by atoms with Gasteiger partial charge in [-0.25, -0.2) is 4.79 Å². The molecule has 92 valence electrons. The first-order chi connectivity index (χ1) is 8.54. The number of rotatable bonds is 2. The van der Waals surface area contributed by atoms with E-state index in [0.717, 1.165) is 0 Å². The maximum Gasteiger partial charge on any atom is 0.337 e. The van der Waals surface area contributed by atoms with Crippen molar-refractivity contribution in [2.24, 2.45) is 5.92 Å². The predicted octanol–water partition coefficient (Wildman–Crippen LogP) is 0.953. The third-order valence-corrected chi connectivity index (χ3v) is 2.97. The minimum absolute atomic E-state index is 0.00976. The van der Waals surface area contributed by atoms with Crippen LogP contribution in [0.4, 0.5) is 11.4 Å². The summed E-state index contributed by atoms with van der Waals surface area (Å²) in [4.78, 5) is 24.2. The Morgan fingerprint density at radius 3 is 2.83 bits per heavy atom. The lowest BCUT2D eigenvalue weighted by Gasteiger charge is -2.19. The van der Waals surface area contributed by atoms with Crippen molar-refractivity contribution < 1.29 is 14.7 Å². The van der Waals surface area contributed by atoms with Crippen molar-refractivity contribution in [3.63, 3.8) is 0 Å². The standard InChI is InChI=1S/C13H12N2O3/c1-2-8-6-11(16)15(7-8)10-5-3-4-9(12(10)14)13(17)18/h1,3-5,8H,6-7,14H2,(H,17,18). The fraction of sp³-hybridized carbons (Fsp3) is 0.231. The molecule has 1 aliphatic heterocycles. The van der Waals surface area contributed by atoms with E-state index in [1.807, 2.05) is 0 Å². The molecule has 1 heterocycles. The van der Waals surface area contributed by atoms with E-state index in [0.29, 0.717) is 12.2 Å². The third-order valence-electron chi connectivity index (χ3n) is 2.97. The van der Waals surface area contributed by atoms with Gasteiger partial charge in [0.05, 0.1) is 16.9 Å². The lowest BCUT2D eigenvalue weighted by atomic mass is 10.1. The molecule has 1 atom stereocenters. The van der Waals surface area contributed by atoms with Crippen LogP contribution in [0.3, 0.4) is 0 Å². The summed E-state index contributed by atoms with van der Waals surface area (Å²) in [6, 6.07) is 4.59. The summed E-state index contributed by atoms with van der Waals surface area (Å²) in [6.45, 7) is 0.378. The van der Waals surface area contributed by atoms with Gasteiger partial charge in [-0.2, -0.15) is 0 Å².